The monoisotopic (exact) mass is 206 g/mol. The van der Waals surface area contributed by atoms with Gasteiger partial charge in [0.05, 0.1) is 17.9 Å². The van der Waals surface area contributed by atoms with Crippen LogP contribution in [0.15, 0.2) is 18.6 Å². The molecule has 1 saturated heterocycles. The van der Waals surface area contributed by atoms with E-state index in [4.69, 9.17) is 5.73 Å². The van der Waals surface area contributed by atoms with Gasteiger partial charge in [0.2, 0.25) is 0 Å². The maximum atomic E-state index is 11.2. The van der Waals surface area contributed by atoms with E-state index in [2.05, 4.69) is 9.97 Å². The van der Waals surface area contributed by atoms with Gasteiger partial charge < -0.3 is 10.6 Å². The normalized spacial score (nSPS) is 21.3. The Morgan fingerprint density at radius 2 is 2.33 bits per heavy atom. The van der Waals surface area contributed by atoms with Crippen LogP contribution in [0.2, 0.25) is 0 Å². The molecule has 1 aliphatic heterocycles. The van der Waals surface area contributed by atoms with Gasteiger partial charge >= 0.3 is 6.03 Å². The van der Waals surface area contributed by atoms with Gasteiger partial charge in [-0.05, 0) is 19.3 Å². The maximum absolute atomic E-state index is 11.2. The van der Waals surface area contributed by atoms with E-state index in [1.807, 2.05) is 0 Å². The first-order valence-electron chi connectivity index (χ1n) is 5.11. The third-order valence-corrected chi connectivity index (χ3v) is 2.71. The van der Waals surface area contributed by atoms with Crippen LogP contribution in [0.4, 0.5) is 4.79 Å². The number of nitrogens with two attached hydrogens (primary N) is 1. The summed E-state index contributed by atoms with van der Waals surface area (Å²) < 4.78 is 0. The molecule has 1 aromatic heterocycles. The van der Waals surface area contributed by atoms with Crippen LogP contribution in [0, 0.1) is 0 Å². The first-order chi connectivity index (χ1) is 7.29. The Balaban J connectivity index is 2.22. The molecule has 1 fully saturated rings. The first-order valence-corrected chi connectivity index (χ1v) is 5.11. The van der Waals surface area contributed by atoms with E-state index in [0.29, 0.717) is 0 Å². The number of rotatable bonds is 1. The molecule has 1 atom stereocenters. The van der Waals surface area contributed by atoms with Crippen LogP contribution in [0.1, 0.15) is 31.0 Å². The van der Waals surface area contributed by atoms with Crippen LogP contribution in [0.25, 0.3) is 0 Å². The standard InChI is InChI=1S/C10H14N4O/c11-10(15)14-6-2-1-3-9(14)8-7-12-4-5-13-8/h4-5,7,9H,1-3,6H2,(H2,11,15). The molecule has 0 spiro atoms. The minimum Gasteiger partial charge on any atom is -0.351 e. The summed E-state index contributed by atoms with van der Waals surface area (Å²) in [7, 11) is 0. The molecular weight excluding hydrogens is 192 g/mol. The van der Waals surface area contributed by atoms with Crippen molar-refractivity contribution >= 4 is 6.03 Å². The fourth-order valence-electron chi connectivity index (χ4n) is 1.99. The van der Waals surface area contributed by atoms with Gasteiger partial charge in [0.25, 0.3) is 0 Å². The second-order valence-corrected chi connectivity index (χ2v) is 3.67. The highest BCUT2D eigenvalue weighted by atomic mass is 16.2. The fraction of sp³-hybridized carbons (Fsp3) is 0.500. The summed E-state index contributed by atoms with van der Waals surface area (Å²) in [4.78, 5) is 21.1. The summed E-state index contributed by atoms with van der Waals surface area (Å²) in [6, 6.07) is -0.365. The van der Waals surface area contributed by atoms with Crippen molar-refractivity contribution in [2.24, 2.45) is 5.73 Å². The number of hydrogen-bond donors (Lipinski definition) is 1. The lowest BCUT2D eigenvalue weighted by atomic mass is 10.00. The van der Waals surface area contributed by atoms with Gasteiger partial charge in [-0.1, -0.05) is 0 Å². The molecule has 5 nitrogen and oxygen atoms in total. The molecule has 0 aliphatic carbocycles. The molecular formula is C10H14N4O. The van der Waals surface area contributed by atoms with Gasteiger partial charge in [-0.25, -0.2) is 4.79 Å². The largest absolute Gasteiger partial charge is 0.351 e. The molecule has 0 saturated carbocycles. The van der Waals surface area contributed by atoms with Crippen LogP contribution in [0.5, 0.6) is 0 Å². The predicted octanol–water partition coefficient (Wildman–Crippen LogP) is 1.08. The average Bonchev–Trinajstić information content (AvgIpc) is 2.30. The Morgan fingerprint density at radius 1 is 1.47 bits per heavy atom. The van der Waals surface area contributed by atoms with Crippen molar-refractivity contribution in [2.75, 3.05) is 6.54 Å². The van der Waals surface area contributed by atoms with Crippen LogP contribution >= 0.6 is 0 Å². The first kappa shape index (κ1) is 9.89. The number of aromatic nitrogens is 2. The van der Waals surface area contributed by atoms with Crippen molar-refractivity contribution in [3.05, 3.63) is 24.3 Å². The summed E-state index contributed by atoms with van der Waals surface area (Å²) in [5, 5.41) is 0. The summed E-state index contributed by atoms with van der Waals surface area (Å²) in [5.74, 6) is 0. The number of primary amides is 1. The summed E-state index contributed by atoms with van der Waals surface area (Å²) in [6.07, 6.45) is 8.00. The molecule has 0 bridgehead atoms. The van der Waals surface area contributed by atoms with Crippen molar-refractivity contribution in [3.8, 4) is 0 Å². The smallest absolute Gasteiger partial charge is 0.315 e. The number of urea groups is 1. The number of carbonyl (C=O) groups excluding carboxylic acids is 1. The molecule has 80 valence electrons. The lowest BCUT2D eigenvalue weighted by molar-refractivity contribution is 0.158. The highest BCUT2D eigenvalue weighted by Crippen LogP contribution is 2.28. The van der Waals surface area contributed by atoms with Crippen molar-refractivity contribution < 1.29 is 4.79 Å². The van der Waals surface area contributed by atoms with E-state index in [-0.39, 0.29) is 12.1 Å². The van der Waals surface area contributed by atoms with E-state index in [1.54, 1.807) is 23.5 Å². The van der Waals surface area contributed by atoms with E-state index >= 15 is 0 Å². The average molecular weight is 206 g/mol. The van der Waals surface area contributed by atoms with Crippen LogP contribution in [0.3, 0.4) is 0 Å². The van der Waals surface area contributed by atoms with Crippen molar-refractivity contribution in [1.82, 2.24) is 14.9 Å². The second kappa shape index (κ2) is 4.25. The van der Waals surface area contributed by atoms with Crippen LogP contribution < -0.4 is 5.73 Å². The lowest BCUT2D eigenvalue weighted by Gasteiger charge is -2.33. The maximum Gasteiger partial charge on any atom is 0.315 e. The number of piperidine rings is 1. The van der Waals surface area contributed by atoms with E-state index in [9.17, 15) is 4.79 Å². The molecule has 1 unspecified atom stereocenters. The van der Waals surface area contributed by atoms with E-state index in [0.717, 1.165) is 31.5 Å². The number of nitrogens with zero attached hydrogens (tertiary/aromatic N) is 3. The van der Waals surface area contributed by atoms with Gasteiger partial charge in [-0.3, -0.25) is 9.97 Å². The van der Waals surface area contributed by atoms with Crippen LogP contribution in [-0.2, 0) is 0 Å². The fourth-order valence-corrected chi connectivity index (χ4v) is 1.99. The van der Waals surface area contributed by atoms with Crippen molar-refractivity contribution in [3.63, 3.8) is 0 Å². The van der Waals surface area contributed by atoms with Crippen molar-refractivity contribution in [1.29, 1.82) is 0 Å². The van der Waals surface area contributed by atoms with E-state index in [1.165, 1.54) is 0 Å². The molecule has 2 rings (SSSR count). The Kier molecular flexibility index (Phi) is 2.80. The molecule has 2 heterocycles. The third kappa shape index (κ3) is 2.06. The zero-order valence-corrected chi connectivity index (χ0v) is 8.47. The van der Waals surface area contributed by atoms with Crippen molar-refractivity contribution in [2.45, 2.75) is 25.3 Å². The summed E-state index contributed by atoms with van der Waals surface area (Å²) in [6.45, 7) is 0.719. The molecule has 15 heavy (non-hydrogen) atoms. The quantitative estimate of drug-likeness (QED) is 0.747. The number of likely N-dealkylation sites (tertiary alicyclic amines) is 1. The summed E-state index contributed by atoms with van der Waals surface area (Å²) in [5.41, 5.74) is 6.16. The van der Waals surface area contributed by atoms with Gasteiger partial charge in [0, 0.05) is 18.9 Å². The molecule has 5 heteroatoms. The highest BCUT2D eigenvalue weighted by Gasteiger charge is 2.27. The molecule has 2 N–H and O–H groups in total. The molecule has 1 aliphatic rings. The SMILES string of the molecule is NC(=O)N1CCCCC1c1cnccn1. The zero-order valence-electron chi connectivity index (χ0n) is 8.47. The lowest BCUT2D eigenvalue weighted by Crippen LogP contribution is -2.42. The Bertz CT molecular complexity index is 341. The number of amides is 2. The Hall–Kier alpha value is -1.65. The summed E-state index contributed by atoms with van der Waals surface area (Å²) >= 11 is 0. The second-order valence-electron chi connectivity index (χ2n) is 3.67. The van der Waals surface area contributed by atoms with E-state index < -0.39 is 0 Å². The molecule has 1 aromatic rings. The zero-order chi connectivity index (χ0) is 10.7. The minimum absolute atomic E-state index is 0.00458. The topological polar surface area (TPSA) is 72.1 Å². The highest BCUT2D eigenvalue weighted by molar-refractivity contribution is 5.72. The molecule has 0 radical (unpaired) electrons. The predicted molar refractivity (Wildman–Crippen MR) is 54.9 cm³/mol. The molecule has 2 amide bonds. The third-order valence-electron chi connectivity index (χ3n) is 2.71. The Labute approximate surface area is 88.3 Å². The van der Waals surface area contributed by atoms with Crippen LogP contribution in [-0.4, -0.2) is 27.4 Å². The van der Waals surface area contributed by atoms with Gasteiger partial charge in [0.1, 0.15) is 0 Å². The molecule has 0 aromatic carbocycles. The minimum atomic E-state index is -0.370. The van der Waals surface area contributed by atoms with Gasteiger partial charge in [-0.15, -0.1) is 0 Å². The number of carbonyl (C=O) groups is 1. The van der Waals surface area contributed by atoms with Gasteiger partial charge in [0.15, 0.2) is 0 Å². The van der Waals surface area contributed by atoms with Gasteiger partial charge in [-0.2, -0.15) is 0 Å². The Morgan fingerprint density at radius 3 is 3.00 bits per heavy atom. The number of hydrogen-bond acceptors (Lipinski definition) is 3.